The molecule has 3 nitrogen and oxygen atoms in total. The van der Waals surface area contributed by atoms with Crippen molar-refractivity contribution in [3.05, 3.63) is 43.2 Å². The molecule has 88 valence electrons. The molecule has 2 rings (SSSR count). The average Bonchev–Trinajstić information content (AvgIpc) is 2.95. The summed E-state index contributed by atoms with van der Waals surface area (Å²) in [5.41, 5.74) is 3.34. The monoisotopic (exact) mass is 328 g/mol. The lowest BCUT2D eigenvalue weighted by Gasteiger charge is -1.98. The molecular weight excluding hydrogens is 320 g/mol. The molecule has 0 saturated carbocycles. The van der Waals surface area contributed by atoms with Crippen molar-refractivity contribution in [2.24, 2.45) is 5.10 Å². The third-order valence-corrected chi connectivity index (χ3v) is 4.60. The maximum atomic E-state index is 11.6. The van der Waals surface area contributed by atoms with Gasteiger partial charge in [0.1, 0.15) is 0 Å². The van der Waals surface area contributed by atoms with Crippen LogP contribution in [0.2, 0.25) is 0 Å². The Morgan fingerprint density at radius 1 is 1.35 bits per heavy atom. The van der Waals surface area contributed by atoms with Crippen molar-refractivity contribution >= 4 is 50.2 Å². The van der Waals surface area contributed by atoms with Crippen LogP contribution in [0.5, 0.6) is 0 Å². The summed E-state index contributed by atoms with van der Waals surface area (Å²) in [7, 11) is 0. The van der Waals surface area contributed by atoms with E-state index in [1.807, 2.05) is 30.5 Å². The summed E-state index contributed by atoms with van der Waals surface area (Å²) < 4.78 is 1.05. The van der Waals surface area contributed by atoms with E-state index in [-0.39, 0.29) is 5.91 Å². The van der Waals surface area contributed by atoms with Crippen LogP contribution >= 0.6 is 38.6 Å². The second kappa shape index (κ2) is 5.57. The fourth-order valence-corrected chi connectivity index (χ4v) is 3.11. The second-order valence-corrected chi connectivity index (χ2v) is 6.63. The molecule has 1 amide bonds. The third kappa shape index (κ3) is 3.24. The highest BCUT2D eigenvalue weighted by Crippen LogP contribution is 2.22. The topological polar surface area (TPSA) is 41.5 Å². The molecule has 2 heterocycles. The van der Waals surface area contributed by atoms with Gasteiger partial charge in [-0.3, -0.25) is 4.79 Å². The van der Waals surface area contributed by atoms with Crippen molar-refractivity contribution < 1.29 is 4.79 Å². The Morgan fingerprint density at radius 3 is 2.76 bits per heavy atom. The molecular formula is C11H9BrN2OS2. The predicted octanol–water partition coefficient (Wildman–Crippen LogP) is 3.73. The number of amides is 1. The van der Waals surface area contributed by atoms with Crippen LogP contribution in [0, 0.1) is 0 Å². The molecule has 1 N–H and O–H groups in total. The van der Waals surface area contributed by atoms with E-state index in [0.717, 1.165) is 14.4 Å². The largest absolute Gasteiger partial charge is 0.281 e. The number of hydrazone groups is 1. The molecule has 0 aliphatic carbocycles. The molecule has 0 fully saturated rings. The number of nitrogens with zero attached hydrogens (tertiary/aromatic N) is 1. The van der Waals surface area contributed by atoms with Crippen molar-refractivity contribution in [1.29, 1.82) is 0 Å². The lowest BCUT2D eigenvalue weighted by molar-refractivity contribution is 0.0959. The number of rotatable bonds is 3. The highest BCUT2D eigenvalue weighted by Gasteiger charge is 2.06. The number of halogens is 1. The van der Waals surface area contributed by atoms with Gasteiger partial charge in [-0.25, -0.2) is 5.43 Å². The number of nitrogens with one attached hydrogen (secondary N) is 1. The summed E-state index contributed by atoms with van der Waals surface area (Å²) in [4.78, 5) is 13.3. The Bertz CT molecular complexity index is 546. The van der Waals surface area contributed by atoms with Gasteiger partial charge < -0.3 is 0 Å². The Balaban J connectivity index is 2.04. The molecule has 0 radical (unpaired) electrons. The highest BCUT2D eigenvalue weighted by atomic mass is 79.9. The van der Waals surface area contributed by atoms with E-state index in [2.05, 4.69) is 26.5 Å². The van der Waals surface area contributed by atoms with Crippen LogP contribution in [-0.4, -0.2) is 11.6 Å². The fraction of sp³-hybridized carbons (Fsp3) is 0.0909. The van der Waals surface area contributed by atoms with Crippen LogP contribution < -0.4 is 5.43 Å². The summed E-state index contributed by atoms with van der Waals surface area (Å²) in [6.07, 6.45) is 0. The van der Waals surface area contributed by atoms with E-state index in [1.54, 1.807) is 17.4 Å². The van der Waals surface area contributed by atoms with Gasteiger partial charge in [0.05, 0.1) is 19.3 Å². The van der Waals surface area contributed by atoms with Gasteiger partial charge in [-0.2, -0.15) is 5.10 Å². The summed E-state index contributed by atoms with van der Waals surface area (Å²) >= 11 is 6.37. The average molecular weight is 329 g/mol. The minimum absolute atomic E-state index is 0.171. The van der Waals surface area contributed by atoms with Gasteiger partial charge in [-0.05, 0) is 46.4 Å². The van der Waals surface area contributed by atoms with E-state index in [4.69, 9.17) is 0 Å². The Kier molecular flexibility index (Phi) is 4.09. The normalized spacial score (nSPS) is 11.5. The molecule has 0 unspecified atom stereocenters. The van der Waals surface area contributed by atoms with Gasteiger partial charge in [-0.15, -0.1) is 22.7 Å². The van der Waals surface area contributed by atoms with Crippen LogP contribution in [0.1, 0.15) is 21.5 Å². The summed E-state index contributed by atoms with van der Waals surface area (Å²) in [6, 6.07) is 7.53. The molecule has 0 saturated heterocycles. The lowest BCUT2D eigenvalue weighted by atomic mass is 10.3. The fourth-order valence-electron chi connectivity index (χ4n) is 1.16. The van der Waals surface area contributed by atoms with Crippen LogP contribution in [-0.2, 0) is 0 Å². The molecule has 0 atom stereocenters. The zero-order valence-corrected chi connectivity index (χ0v) is 12.2. The van der Waals surface area contributed by atoms with E-state index in [0.29, 0.717) is 4.88 Å². The molecule has 0 aliphatic heterocycles. The van der Waals surface area contributed by atoms with Crippen LogP contribution in [0.25, 0.3) is 0 Å². The van der Waals surface area contributed by atoms with Crippen molar-refractivity contribution in [2.45, 2.75) is 6.92 Å². The van der Waals surface area contributed by atoms with Crippen molar-refractivity contribution in [3.8, 4) is 0 Å². The van der Waals surface area contributed by atoms with Gasteiger partial charge in [0.25, 0.3) is 5.91 Å². The van der Waals surface area contributed by atoms with Gasteiger partial charge in [0.2, 0.25) is 0 Å². The van der Waals surface area contributed by atoms with Crippen molar-refractivity contribution in [1.82, 2.24) is 5.43 Å². The Morgan fingerprint density at radius 2 is 2.18 bits per heavy atom. The molecule has 0 aliphatic rings. The Labute approximate surface area is 115 Å². The number of carbonyl (C=O) groups excluding carboxylic acids is 1. The van der Waals surface area contributed by atoms with E-state index in [1.165, 1.54) is 11.3 Å². The molecule has 0 bridgehead atoms. The van der Waals surface area contributed by atoms with Crippen LogP contribution in [0.3, 0.4) is 0 Å². The number of hydrogen-bond acceptors (Lipinski definition) is 4. The highest BCUT2D eigenvalue weighted by molar-refractivity contribution is 9.11. The van der Waals surface area contributed by atoms with E-state index in [9.17, 15) is 4.79 Å². The van der Waals surface area contributed by atoms with E-state index < -0.39 is 0 Å². The molecule has 2 aromatic heterocycles. The van der Waals surface area contributed by atoms with Crippen LogP contribution in [0.15, 0.2) is 38.5 Å². The minimum Gasteiger partial charge on any atom is -0.266 e. The first kappa shape index (κ1) is 12.5. The number of hydrogen-bond donors (Lipinski definition) is 1. The second-order valence-electron chi connectivity index (χ2n) is 3.22. The van der Waals surface area contributed by atoms with Gasteiger partial charge >= 0.3 is 0 Å². The lowest BCUT2D eigenvalue weighted by Crippen LogP contribution is -2.17. The van der Waals surface area contributed by atoms with Gasteiger partial charge in [0.15, 0.2) is 0 Å². The zero-order chi connectivity index (χ0) is 12.3. The summed E-state index contributed by atoms with van der Waals surface area (Å²) in [5.74, 6) is -0.171. The first-order valence-electron chi connectivity index (χ1n) is 4.80. The maximum absolute atomic E-state index is 11.6. The quantitative estimate of drug-likeness (QED) is 0.677. The molecule has 6 heteroatoms. The van der Waals surface area contributed by atoms with Gasteiger partial charge in [0, 0.05) is 0 Å². The molecule has 0 aromatic carbocycles. The van der Waals surface area contributed by atoms with Crippen molar-refractivity contribution in [2.75, 3.05) is 0 Å². The Hall–Kier alpha value is -0.980. The third-order valence-electron chi connectivity index (χ3n) is 2.00. The van der Waals surface area contributed by atoms with Gasteiger partial charge in [-0.1, -0.05) is 6.07 Å². The number of thiophene rings is 2. The van der Waals surface area contributed by atoms with Crippen LogP contribution in [0.4, 0.5) is 0 Å². The maximum Gasteiger partial charge on any atom is 0.281 e. The summed E-state index contributed by atoms with van der Waals surface area (Å²) in [6.45, 7) is 1.87. The summed E-state index contributed by atoms with van der Waals surface area (Å²) in [5, 5.41) is 5.94. The number of carbonyl (C=O) groups is 1. The smallest absolute Gasteiger partial charge is 0.266 e. The zero-order valence-electron chi connectivity index (χ0n) is 8.94. The predicted molar refractivity (Wildman–Crippen MR) is 76.0 cm³/mol. The van der Waals surface area contributed by atoms with E-state index >= 15 is 0 Å². The molecule has 2 aromatic rings. The molecule has 0 spiro atoms. The standard InChI is InChI=1S/C11H9BrN2OS2/c1-7(8-4-5-10(12)17-8)13-14-11(15)9-3-2-6-16-9/h2-6H,1H3,(H,14,15). The minimum atomic E-state index is -0.171. The SMILES string of the molecule is CC(=NNC(=O)c1cccs1)c1ccc(Br)s1. The molecule has 17 heavy (non-hydrogen) atoms. The first-order chi connectivity index (χ1) is 8.16. The first-order valence-corrected chi connectivity index (χ1v) is 7.29. The van der Waals surface area contributed by atoms with Crippen molar-refractivity contribution in [3.63, 3.8) is 0 Å².